The number of hydrogen-bond acceptors (Lipinski definition) is 6. The number of nitrogens with zero attached hydrogens (tertiary/aromatic N) is 1. The molecule has 7 nitrogen and oxygen atoms in total. The summed E-state index contributed by atoms with van der Waals surface area (Å²) in [5.41, 5.74) is 3.72. The number of carbonyl (C=O) groups excluding carboxylic acids is 1. The molecule has 0 bridgehead atoms. The number of aromatic nitrogens is 1. The fourth-order valence-electron chi connectivity index (χ4n) is 4.34. The molecule has 0 N–H and O–H groups in total. The van der Waals surface area contributed by atoms with Gasteiger partial charge in [0.25, 0.3) is 0 Å². The number of pyridine rings is 1. The summed E-state index contributed by atoms with van der Waals surface area (Å²) in [4.78, 5) is 12.8. The molecule has 0 radical (unpaired) electrons. The minimum absolute atomic E-state index is 0.383. The van der Waals surface area contributed by atoms with Crippen LogP contribution in [0.2, 0.25) is 0 Å². The zero-order chi connectivity index (χ0) is 23.1. The van der Waals surface area contributed by atoms with Gasteiger partial charge in [-0.25, -0.2) is 4.79 Å². The molecular weight excluding hydrogens is 422 g/mol. The lowest BCUT2D eigenvalue weighted by atomic mass is 9.95. The fraction of sp³-hybridized carbons (Fsp3) is 0.231. The van der Waals surface area contributed by atoms with Crippen LogP contribution in [0.4, 0.5) is 0 Å². The molecule has 4 aromatic rings. The molecule has 3 heterocycles. The summed E-state index contributed by atoms with van der Waals surface area (Å²) < 4.78 is 29.8. The van der Waals surface area contributed by atoms with Crippen LogP contribution in [-0.2, 0) is 13.0 Å². The van der Waals surface area contributed by atoms with E-state index < -0.39 is 5.97 Å². The number of fused-ring (bicyclic) bond motifs is 4. The van der Waals surface area contributed by atoms with Crippen molar-refractivity contribution in [2.45, 2.75) is 19.9 Å². The molecule has 0 amide bonds. The van der Waals surface area contributed by atoms with Crippen molar-refractivity contribution in [1.29, 1.82) is 0 Å². The predicted octanol–water partition coefficient (Wildman–Crippen LogP) is 4.50. The lowest BCUT2D eigenvalue weighted by molar-refractivity contribution is -0.686. The molecular formula is C26H24NO6+. The summed E-state index contributed by atoms with van der Waals surface area (Å²) in [5.74, 6) is 2.29. The first-order chi connectivity index (χ1) is 16.0. The lowest BCUT2D eigenvalue weighted by Crippen LogP contribution is -2.40. The van der Waals surface area contributed by atoms with Crippen molar-refractivity contribution >= 4 is 16.7 Å². The van der Waals surface area contributed by atoms with Gasteiger partial charge in [0.1, 0.15) is 11.3 Å². The van der Waals surface area contributed by atoms with Crippen molar-refractivity contribution in [3.05, 3.63) is 65.7 Å². The summed E-state index contributed by atoms with van der Waals surface area (Å²) >= 11 is 0. The number of esters is 1. The van der Waals surface area contributed by atoms with Gasteiger partial charge in [0, 0.05) is 12.5 Å². The first-order valence-electron chi connectivity index (χ1n) is 10.6. The smallest absolute Gasteiger partial charge is 0.347 e. The Bertz CT molecular complexity index is 1390. The van der Waals surface area contributed by atoms with Gasteiger partial charge in [0.2, 0.25) is 5.69 Å². The highest BCUT2D eigenvalue weighted by atomic mass is 16.6. The molecule has 0 saturated heterocycles. The van der Waals surface area contributed by atoms with Crippen LogP contribution in [0.1, 0.15) is 21.7 Å². The highest BCUT2D eigenvalue weighted by Gasteiger charge is 2.28. The second-order valence-electron chi connectivity index (χ2n) is 7.85. The van der Waals surface area contributed by atoms with Crippen LogP contribution in [0, 0.1) is 6.92 Å². The first-order valence-corrected chi connectivity index (χ1v) is 10.6. The van der Waals surface area contributed by atoms with E-state index in [9.17, 15) is 4.79 Å². The highest BCUT2D eigenvalue weighted by Crippen LogP contribution is 2.40. The molecule has 2 aromatic heterocycles. The predicted molar refractivity (Wildman–Crippen MR) is 121 cm³/mol. The Balaban J connectivity index is 1.65. The van der Waals surface area contributed by atoms with Crippen molar-refractivity contribution in [1.82, 2.24) is 0 Å². The van der Waals surface area contributed by atoms with Gasteiger partial charge < -0.3 is 23.4 Å². The molecule has 0 saturated carbocycles. The third-order valence-electron chi connectivity index (χ3n) is 6.08. The minimum Gasteiger partial charge on any atom is -0.493 e. The molecule has 0 spiro atoms. The lowest BCUT2D eigenvalue weighted by Gasteiger charge is -2.19. The second-order valence-corrected chi connectivity index (χ2v) is 7.85. The molecule has 0 aliphatic carbocycles. The molecule has 33 heavy (non-hydrogen) atoms. The average molecular weight is 446 g/mol. The van der Waals surface area contributed by atoms with E-state index in [1.807, 2.05) is 30.5 Å². The third-order valence-corrected chi connectivity index (χ3v) is 6.08. The van der Waals surface area contributed by atoms with Crippen LogP contribution in [0.15, 0.2) is 53.3 Å². The van der Waals surface area contributed by atoms with Crippen LogP contribution in [0.5, 0.6) is 23.0 Å². The van der Waals surface area contributed by atoms with Crippen molar-refractivity contribution in [2.24, 2.45) is 0 Å². The Hall–Kier alpha value is -4.00. The van der Waals surface area contributed by atoms with Crippen LogP contribution in [-0.4, -0.2) is 27.3 Å². The van der Waals surface area contributed by atoms with Gasteiger partial charge in [-0.1, -0.05) is 0 Å². The summed E-state index contributed by atoms with van der Waals surface area (Å²) in [5, 5.41) is 1.72. The Labute approximate surface area is 191 Å². The quantitative estimate of drug-likeness (QED) is 0.255. The molecule has 1 aliphatic heterocycles. The van der Waals surface area contributed by atoms with E-state index in [4.69, 9.17) is 23.4 Å². The van der Waals surface area contributed by atoms with Crippen LogP contribution in [0.25, 0.3) is 22.0 Å². The molecule has 2 aromatic carbocycles. The Morgan fingerprint density at radius 3 is 2.42 bits per heavy atom. The number of carbonyl (C=O) groups is 1. The highest BCUT2D eigenvalue weighted by molar-refractivity contribution is 5.97. The normalized spacial score (nSPS) is 12.1. The van der Waals surface area contributed by atoms with Crippen LogP contribution >= 0.6 is 0 Å². The zero-order valence-electron chi connectivity index (χ0n) is 18.9. The maximum absolute atomic E-state index is 12.8. The summed E-state index contributed by atoms with van der Waals surface area (Å²) in [7, 11) is 4.84. The SMILES string of the molecule is COc1cc2c(cc1OC)-c1cc3ccc(OC)c(OC(=O)c4ccoc4C)c3c[n+]1CC2. The van der Waals surface area contributed by atoms with E-state index in [0.717, 1.165) is 40.7 Å². The van der Waals surface area contributed by atoms with Gasteiger partial charge in [0.15, 0.2) is 35.7 Å². The van der Waals surface area contributed by atoms with Crippen molar-refractivity contribution in [3.63, 3.8) is 0 Å². The molecule has 5 rings (SSSR count). The Kier molecular flexibility index (Phi) is 5.17. The maximum atomic E-state index is 12.8. The standard InChI is InChI=1S/C26H24NO6/c1-15-18(8-10-32-15)26(28)33-25-20-14-27-9-7-17-12-23(30-3)24(31-4)13-19(17)21(27)11-16(20)5-6-22(25)29-2/h5-6,8,10-14H,7,9H2,1-4H3/q+1. The molecule has 1 aliphatic rings. The Morgan fingerprint density at radius 1 is 0.970 bits per heavy atom. The molecule has 168 valence electrons. The first kappa shape index (κ1) is 20.9. The second kappa shape index (κ2) is 8.16. The number of furan rings is 1. The van der Waals surface area contributed by atoms with Gasteiger partial charge in [-0.2, -0.15) is 4.57 Å². The number of ether oxygens (including phenoxy) is 4. The topological polar surface area (TPSA) is 71.0 Å². The maximum Gasteiger partial charge on any atom is 0.347 e. The molecule has 0 atom stereocenters. The van der Waals surface area contributed by atoms with E-state index in [0.29, 0.717) is 28.6 Å². The van der Waals surface area contributed by atoms with Gasteiger partial charge in [-0.3, -0.25) is 0 Å². The number of hydrogen-bond donors (Lipinski definition) is 0. The zero-order valence-corrected chi connectivity index (χ0v) is 18.9. The number of aryl methyl sites for hydroxylation is 3. The average Bonchev–Trinajstić information content (AvgIpc) is 3.28. The molecule has 0 unspecified atom stereocenters. The largest absolute Gasteiger partial charge is 0.493 e. The van der Waals surface area contributed by atoms with E-state index in [1.165, 1.54) is 11.8 Å². The number of benzene rings is 2. The molecule has 7 heteroatoms. The van der Waals surface area contributed by atoms with Gasteiger partial charge in [0.05, 0.1) is 38.5 Å². The van der Waals surface area contributed by atoms with Gasteiger partial charge in [-0.05, 0) is 48.2 Å². The monoisotopic (exact) mass is 446 g/mol. The summed E-state index contributed by atoms with van der Waals surface area (Å²) in [6.45, 7) is 2.50. The Morgan fingerprint density at radius 2 is 1.73 bits per heavy atom. The van der Waals surface area contributed by atoms with Crippen molar-refractivity contribution < 1.29 is 32.7 Å². The van der Waals surface area contributed by atoms with Gasteiger partial charge >= 0.3 is 5.97 Å². The van der Waals surface area contributed by atoms with E-state index in [2.05, 4.69) is 10.6 Å². The third kappa shape index (κ3) is 3.46. The van der Waals surface area contributed by atoms with Crippen molar-refractivity contribution in [2.75, 3.05) is 21.3 Å². The summed E-state index contributed by atoms with van der Waals surface area (Å²) in [6, 6.07) is 11.5. The van der Waals surface area contributed by atoms with E-state index in [1.54, 1.807) is 34.3 Å². The summed E-state index contributed by atoms with van der Waals surface area (Å²) in [6.07, 6.45) is 4.32. The minimum atomic E-state index is -0.489. The molecule has 0 fully saturated rings. The van der Waals surface area contributed by atoms with Crippen molar-refractivity contribution in [3.8, 4) is 34.3 Å². The number of methoxy groups -OCH3 is 3. The fourth-order valence-corrected chi connectivity index (χ4v) is 4.34. The number of rotatable bonds is 5. The van der Waals surface area contributed by atoms with Crippen LogP contribution < -0.4 is 23.5 Å². The van der Waals surface area contributed by atoms with Gasteiger partial charge in [-0.15, -0.1) is 0 Å². The van der Waals surface area contributed by atoms with E-state index in [-0.39, 0.29) is 0 Å². The van der Waals surface area contributed by atoms with Crippen LogP contribution in [0.3, 0.4) is 0 Å². The van der Waals surface area contributed by atoms with E-state index >= 15 is 0 Å².